The van der Waals surface area contributed by atoms with E-state index in [1.54, 1.807) is 48.3 Å². The molecule has 30 heavy (non-hydrogen) atoms. The molecular weight excluding hydrogens is 402 g/mol. The van der Waals surface area contributed by atoms with Gasteiger partial charge in [-0.05, 0) is 43.3 Å². The standard InChI is InChI=1S/C21H17N5O3S/c1-13-17(10-23-20(28)18-11-30-12-24-18)26-21(29-13)14-4-6-16(7-5-14)25-19(27)15-3-2-8-22-9-15/h2-9,11-12H,10H2,1H3,(H,23,28)(H,25,27). The number of thiazole rings is 1. The maximum Gasteiger partial charge on any atom is 0.271 e. The number of aromatic nitrogens is 3. The molecule has 2 N–H and O–H groups in total. The van der Waals surface area contributed by atoms with Gasteiger partial charge in [-0.3, -0.25) is 14.6 Å². The summed E-state index contributed by atoms with van der Waals surface area (Å²) >= 11 is 1.36. The predicted octanol–water partition coefficient (Wildman–Crippen LogP) is 3.68. The van der Waals surface area contributed by atoms with E-state index in [0.717, 1.165) is 5.56 Å². The fraction of sp³-hybridized carbons (Fsp3) is 0.0952. The third-order valence-corrected chi connectivity index (χ3v) is 4.87. The zero-order valence-corrected chi connectivity index (χ0v) is 16.8. The first-order valence-corrected chi connectivity index (χ1v) is 9.99. The highest BCUT2D eigenvalue weighted by atomic mass is 32.1. The average Bonchev–Trinajstić information content (AvgIpc) is 3.43. The molecule has 9 heteroatoms. The van der Waals surface area contributed by atoms with Crippen molar-refractivity contribution in [3.63, 3.8) is 0 Å². The molecule has 0 aliphatic heterocycles. The van der Waals surface area contributed by atoms with Crippen molar-refractivity contribution in [2.24, 2.45) is 0 Å². The first-order valence-electron chi connectivity index (χ1n) is 9.04. The van der Waals surface area contributed by atoms with E-state index < -0.39 is 0 Å². The summed E-state index contributed by atoms with van der Waals surface area (Å²) in [5.41, 5.74) is 4.51. The van der Waals surface area contributed by atoms with Crippen molar-refractivity contribution in [1.82, 2.24) is 20.3 Å². The van der Waals surface area contributed by atoms with Gasteiger partial charge in [-0.1, -0.05) is 0 Å². The summed E-state index contributed by atoms with van der Waals surface area (Å²) in [6.07, 6.45) is 3.12. The Morgan fingerprint density at radius 3 is 2.67 bits per heavy atom. The second-order valence-electron chi connectivity index (χ2n) is 6.35. The molecule has 0 saturated carbocycles. The van der Waals surface area contributed by atoms with Gasteiger partial charge in [0, 0.05) is 29.0 Å². The summed E-state index contributed by atoms with van der Waals surface area (Å²) < 4.78 is 5.74. The number of oxazole rings is 1. The Morgan fingerprint density at radius 2 is 1.97 bits per heavy atom. The number of nitrogens with one attached hydrogen (secondary N) is 2. The van der Waals surface area contributed by atoms with Crippen LogP contribution < -0.4 is 10.6 Å². The summed E-state index contributed by atoms with van der Waals surface area (Å²) in [6.45, 7) is 2.04. The molecule has 1 aromatic carbocycles. The molecule has 0 saturated heterocycles. The van der Waals surface area contributed by atoms with Gasteiger partial charge in [0.2, 0.25) is 5.89 Å². The van der Waals surface area contributed by atoms with Crippen LogP contribution >= 0.6 is 11.3 Å². The van der Waals surface area contributed by atoms with E-state index >= 15 is 0 Å². The molecular formula is C21H17N5O3S. The SMILES string of the molecule is Cc1oc(-c2ccc(NC(=O)c3cccnc3)cc2)nc1CNC(=O)c1cscn1. The van der Waals surface area contributed by atoms with Crippen molar-refractivity contribution >= 4 is 28.8 Å². The van der Waals surface area contributed by atoms with Crippen molar-refractivity contribution in [2.75, 3.05) is 5.32 Å². The van der Waals surface area contributed by atoms with Crippen LogP contribution in [0.15, 0.2) is 64.1 Å². The second-order valence-corrected chi connectivity index (χ2v) is 7.07. The molecule has 2 amide bonds. The topological polar surface area (TPSA) is 110 Å². The molecule has 0 unspecified atom stereocenters. The lowest BCUT2D eigenvalue weighted by Crippen LogP contribution is -2.23. The Hall–Kier alpha value is -3.85. The van der Waals surface area contributed by atoms with Crippen molar-refractivity contribution in [2.45, 2.75) is 13.5 Å². The van der Waals surface area contributed by atoms with Gasteiger partial charge in [0.05, 0.1) is 17.6 Å². The molecule has 8 nitrogen and oxygen atoms in total. The van der Waals surface area contributed by atoms with Crippen molar-refractivity contribution in [3.8, 4) is 11.5 Å². The van der Waals surface area contributed by atoms with Crippen molar-refractivity contribution in [1.29, 1.82) is 0 Å². The highest BCUT2D eigenvalue weighted by molar-refractivity contribution is 7.07. The van der Waals surface area contributed by atoms with Gasteiger partial charge < -0.3 is 15.1 Å². The number of amides is 2. The minimum atomic E-state index is -0.256. The van der Waals surface area contributed by atoms with Crippen LogP contribution in [0.2, 0.25) is 0 Å². The number of hydrogen-bond donors (Lipinski definition) is 2. The minimum Gasteiger partial charge on any atom is -0.441 e. The number of benzene rings is 1. The van der Waals surface area contributed by atoms with E-state index in [-0.39, 0.29) is 18.4 Å². The number of pyridine rings is 1. The Labute approximate surface area is 176 Å². The monoisotopic (exact) mass is 419 g/mol. The minimum absolute atomic E-state index is 0.235. The molecule has 0 aliphatic carbocycles. The predicted molar refractivity (Wildman–Crippen MR) is 112 cm³/mol. The molecule has 4 aromatic rings. The molecule has 3 heterocycles. The molecule has 0 bridgehead atoms. The highest BCUT2D eigenvalue weighted by Crippen LogP contribution is 2.23. The Morgan fingerprint density at radius 1 is 1.13 bits per heavy atom. The van der Waals surface area contributed by atoms with Crippen molar-refractivity contribution < 1.29 is 14.0 Å². The van der Waals surface area contributed by atoms with Gasteiger partial charge >= 0.3 is 0 Å². The van der Waals surface area contributed by atoms with Gasteiger partial charge in [-0.25, -0.2) is 9.97 Å². The van der Waals surface area contributed by atoms with Gasteiger partial charge in [-0.15, -0.1) is 11.3 Å². The van der Waals surface area contributed by atoms with Gasteiger partial charge in [-0.2, -0.15) is 0 Å². The van der Waals surface area contributed by atoms with Gasteiger partial charge in [0.15, 0.2) is 0 Å². The molecule has 3 aromatic heterocycles. The van der Waals surface area contributed by atoms with Gasteiger partial charge in [0.1, 0.15) is 17.1 Å². The zero-order chi connectivity index (χ0) is 20.9. The van der Waals surface area contributed by atoms with E-state index in [4.69, 9.17) is 4.42 Å². The van der Waals surface area contributed by atoms with Crippen LogP contribution in [0.3, 0.4) is 0 Å². The Balaban J connectivity index is 1.41. The summed E-state index contributed by atoms with van der Waals surface area (Å²) in [5.74, 6) is 0.572. The number of anilines is 1. The molecule has 0 aliphatic rings. The normalized spacial score (nSPS) is 10.6. The van der Waals surface area contributed by atoms with Crippen LogP contribution in [0.25, 0.3) is 11.5 Å². The van der Waals surface area contributed by atoms with E-state index in [0.29, 0.717) is 34.3 Å². The van der Waals surface area contributed by atoms with Crippen LogP contribution in [0.5, 0.6) is 0 Å². The third kappa shape index (κ3) is 4.41. The van der Waals surface area contributed by atoms with E-state index in [1.807, 2.05) is 12.1 Å². The molecule has 0 radical (unpaired) electrons. The van der Waals surface area contributed by atoms with E-state index in [9.17, 15) is 9.59 Å². The third-order valence-electron chi connectivity index (χ3n) is 4.29. The molecule has 0 spiro atoms. The number of aryl methyl sites for hydroxylation is 1. The highest BCUT2D eigenvalue weighted by Gasteiger charge is 2.14. The quantitative estimate of drug-likeness (QED) is 0.493. The second kappa shape index (κ2) is 8.66. The van der Waals surface area contributed by atoms with E-state index in [2.05, 4.69) is 25.6 Å². The maximum atomic E-state index is 12.2. The van der Waals surface area contributed by atoms with Crippen LogP contribution in [0, 0.1) is 6.92 Å². The van der Waals surface area contributed by atoms with Crippen LogP contribution in [-0.2, 0) is 6.54 Å². The lowest BCUT2D eigenvalue weighted by atomic mass is 10.2. The van der Waals surface area contributed by atoms with Crippen LogP contribution in [0.4, 0.5) is 5.69 Å². The molecule has 4 rings (SSSR count). The van der Waals surface area contributed by atoms with Gasteiger partial charge in [0.25, 0.3) is 11.8 Å². The van der Waals surface area contributed by atoms with Crippen molar-refractivity contribution in [3.05, 3.63) is 82.4 Å². The Bertz CT molecular complexity index is 1160. The summed E-state index contributed by atoms with van der Waals surface area (Å²) in [7, 11) is 0. The summed E-state index contributed by atoms with van der Waals surface area (Å²) in [5, 5.41) is 7.29. The number of nitrogens with zero attached hydrogens (tertiary/aromatic N) is 3. The maximum absolute atomic E-state index is 12.2. The fourth-order valence-corrected chi connectivity index (χ4v) is 3.22. The number of carbonyl (C=O) groups is 2. The largest absolute Gasteiger partial charge is 0.441 e. The lowest BCUT2D eigenvalue weighted by Gasteiger charge is -2.05. The first-order chi connectivity index (χ1) is 14.6. The number of hydrogen-bond acceptors (Lipinski definition) is 7. The smallest absolute Gasteiger partial charge is 0.271 e. The first kappa shape index (κ1) is 19.5. The van der Waals surface area contributed by atoms with Crippen LogP contribution in [0.1, 0.15) is 32.3 Å². The lowest BCUT2D eigenvalue weighted by molar-refractivity contribution is 0.0945. The molecule has 0 fully saturated rings. The molecule has 150 valence electrons. The number of carbonyl (C=O) groups excluding carboxylic acids is 2. The summed E-state index contributed by atoms with van der Waals surface area (Å²) in [4.78, 5) is 36.6. The molecule has 0 atom stereocenters. The Kier molecular flexibility index (Phi) is 5.62. The number of rotatable bonds is 6. The average molecular weight is 419 g/mol. The fourth-order valence-electron chi connectivity index (χ4n) is 2.69. The van der Waals surface area contributed by atoms with Crippen LogP contribution in [-0.4, -0.2) is 26.8 Å². The summed E-state index contributed by atoms with van der Waals surface area (Å²) in [6, 6.07) is 10.6. The zero-order valence-electron chi connectivity index (χ0n) is 16.0. The van der Waals surface area contributed by atoms with E-state index in [1.165, 1.54) is 17.5 Å².